The fraction of sp³-hybridized carbons (Fsp3) is 0.126. The van der Waals surface area contributed by atoms with Crippen molar-refractivity contribution < 1.29 is 8.83 Å². The molecule has 0 fully saturated rings. The minimum atomic E-state index is -2.19. The van der Waals surface area contributed by atoms with Crippen LogP contribution in [0.2, 0.25) is 29.7 Å². The van der Waals surface area contributed by atoms with E-state index in [-0.39, 0.29) is 10.1 Å². The van der Waals surface area contributed by atoms with E-state index in [1.807, 2.05) is 24.3 Å². The van der Waals surface area contributed by atoms with Crippen LogP contribution in [-0.4, -0.2) is 26.2 Å². The minimum absolute atomic E-state index is 0.0430. The second-order valence-corrected chi connectivity index (χ2v) is 38.2. The van der Waals surface area contributed by atoms with Crippen LogP contribution in [0.25, 0.3) is 132 Å². The Bertz CT molecular complexity index is 5820. The van der Waals surface area contributed by atoms with Crippen LogP contribution in [-0.2, 0) is 0 Å². The fourth-order valence-corrected chi connectivity index (χ4v) is 18.5. The molecule has 0 radical (unpaired) electrons. The Balaban J connectivity index is 0.828. The van der Waals surface area contributed by atoms with Crippen molar-refractivity contribution >= 4 is 149 Å². The number of anilines is 5. The Morgan fingerprint density at radius 3 is 1.25 bits per heavy atom. The van der Waals surface area contributed by atoms with Gasteiger partial charge in [-0.25, -0.2) is 0 Å². The molecule has 4 heterocycles. The number of para-hydroxylation sites is 4. The van der Waals surface area contributed by atoms with Gasteiger partial charge in [0.15, 0.2) is 0 Å². The molecule has 13 aromatic carbocycles. The van der Waals surface area contributed by atoms with E-state index < -0.39 is 17.0 Å². The van der Waals surface area contributed by atoms with E-state index in [2.05, 4.69) is 335 Å². The van der Waals surface area contributed by atoms with Crippen molar-refractivity contribution in [2.75, 3.05) is 9.47 Å². The van der Waals surface area contributed by atoms with E-state index in [9.17, 15) is 0 Å². The Hall–Kier alpha value is -10.6. The maximum absolute atomic E-state index is 6.36. The van der Waals surface area contributed by atoms with Crippen LogP contribution in [0.3, 0.4) is 0 Å². The number of hydrogen-bond acceptors (Lipinski definition) is 4. The predicted octanol–water partition coefficient (Wildman–Crippen LogP) is 24.6. The van der Waals surface area contributed by atoms with Crippen LogP contribution in [0.15, 0.2) is 288 Å². The van der Waals surface area contributed by atoms with Gasteiger partial charge in [-0.05, 0) is 83.6 Å². The Morgan fingerprint density at radius 1 is 0.347 bits per heavy atom. The Labute approximate surface area is 556 Å². The van der Waals surface area contributed by atoms with Crippen molar-refractivity contribution in [2.24, 2.45) is 0 Å². The normalized spacial score (nSPS) is 12.7. The van der Waals surface area contributed by atoms with Crippen LogP contribution in [0, 0.1) is 0 Å². The minimum Gasteiger partial charge on any atom is -0.146 e. The summed E-state index contributed by atoms with van der Waals surface area (Å²) in [5.41, 5.74) is 16.5. The van der Waals surface area contributed by atoms with Crippen LogP contribution >= 0.6 is 0 Å². The maximum atomic E-state index is 6.36. The van der Waals surface area contributed by atoms with Crippen molar-refractivity contribution in [1.82, 2.24) is 9.13 Å². The standard InChI is InChI=1S/C87H74N4O2Si2/c1-86(2,3)94(7)91(69-35-33-57-49-63(31-29-59(57)51-69)83-53-61-21-17-19-27-81(61)93-83)70-39-43-75-79(55-70)90(65-24-14-11-15-25-65)77-47-45-72-73(85(75)77)44-46-76-84(72)74-42-38-68(54-78(74)89(76)64-22-12-10-13-23-64)88(66-36-40-71(41-37-66)95(8,9)87(4,5)6)67-34-32-56-48-62(30-28-58(56)50-67)82-52-60-20-16-18-26-80(60)92-82/h10-55,95H,1-9H3/q-2. The largest absolute Gasteiger partial charge is 0.146 e. The van der Waals surface area contributed by atoms with Gasteiger partial charge in [0, 0.05) is 44.2 Å². The summed E-state index contributed by atoms with van der Waals surface area (Å²) < 4.78 is 20.3. The third-order valence-corrected chi connectivity index (χ3v) is 31.1. The van der Waals surface area contributed by atoms with E-state index in [4.69, 9.17) is 8.83 Å². The topological polar surface area (TPSA) is 42.6 Å². The van der Waals surface area contributed by atoms with Crippen LogP contribution in [0.1, 0.15) is 41.5 Å². The third kappa shape index (κ3) is 9.71. The van der Waals surface area contributed by atoms with E-state index in [1.54, 1.807) is 0 Å². The third-order valence-electron chi connectivity index (χ3n) is 21.3. The molecule has 4 aromatic heterocycles. The Kier molecular flexibility index (Phi) is 13.5. The molecular weight excluding hydrogens is 1190 g/mol. The smallest absolute Gasteiger partial charge is 0.0888 e. The predicted molar refractivity (Wildman–Crippen MR) is 411 cm³/mol. The molecule has 0 atom stereocenters. The van der Waals surface area contributed by atoms with Gasteiger partial charge in [-0.3, -0.25) is 0 Å². The first-order valence-electron chi connectivity index (χ1n) is 33.4. The van der Waals surface area contributed by atoms with Crippen LogP contribution in [0.5, 0.6) is 0 Å². The summed E-state index contributed by atoms with van der Waals surface area (Å²) in [4.78, 5) is 2.46. The molecule has 0 spiro atoms. The van der Waals surface area contributed by atoms with Crippen LogP contribution in [0.4, 0.5) is 28.4 Å². The van der Waals surface area contributed by atoms with Crippen molar-refractivity contribution in [3.8, 4) is 34.0 Å². The first kappa shape index (κ1) is 58.2. The zero-order valence-corrected chi connectivity index (χ0v) is 57.4. The van der Waals surface area contributed by atoms with Gasteiger partial charge >= 0.3 is 260 Å². The van der Waals surface area contributed by atoms with Gasteiger partial charge < -0.3 is 18.0 Å². The molecule has 17 aromatic rings. The number of hydrogen-bond donors (Lipinski definition) is 0. The molecule has 0 saturated carbocycles. The van der Waals surface area contributed by atoms with E-state index >= 15 is 0 Å². The molecule has 8 heteroatoms. The SMILES string of the molecule is C[Si-](N(c1ccc2cc(-c3cc4ccccc4o3)ccc2c1)c1ccc2c3c4ccc5c(c4ccc3n(-c3ccccc3)c2c1)c1ccc(N(c2ccc([SiH-](C)(C)C(C)(C)C)cc2)c2ccc3cc(-c4cc6ccccc6o4)ccc3c2)cc1n5-c1ccccc1)C(C)(C)C. The monoisotopic (exact) mass is 1260 g/mol. The van der Waals surface area contributed by atoms with E-state index in [0.29, 0.717) is 0 Å². The Morgan fingerprint density at radius 2 is 0.747 bits per heavy atom. The quantitative estimate of drug-likeness (QED) is 0.121. The van der Waals surface area contributed by atoms with E-state index in [0.717, 1.165) is 94.8 Å². The number of rotatable bonds is 11. The van der Waals surface area contributed by atoms with Gasteiger partial charge in [-0.15, -0.1) is 14.0 Å². The van der Waals surface area contributed by atoms with Gasteiger partial charge in [-0.2, -0.15) is 6.55 Å². The van der Waals surface area contributed by atoms with Gasteiger partial charge in [0.25, 0.3) is 0 Å². The van der Waals surface area contributed by atoms with Gasteiger partial charge in [-0.1, -0.05) is 106 Å². The van der Waals surface area contributed by atoms with Crippen LogP contribution < -0.4 is 14.7 Å². The summed E-state index contributed by atoms with van der Waals surface area (Å²) in [7, 11) is -3.42. The molecule has 0 bridgehead atoms. The average Bonchev–Trinajstić information content (AvgIpc) is 1.61. The van der Waals surface area contributed by atoms with Crippen molar-refractivity contribution in [3.63, 3.8) is 0 Å². The molecule has 0 amide bonds. The maximum Gasteiger partial charge on any atom is -0.0888 e. The summed E-state index contributed by atoms with van der Waals surface area (Å²) >= 11 is 0. The van der Waals surface area contributed by atoms with E-state index in [1.165, 1.54) is 70.7 Å². The molecule has 464 valence electrons. The summed E-state index contributed by atoms with van der Waals surface area (Å²) in [5, 5.41) is 16.0. The summed E-state index contributed by atoms with van der Waals surface area (Å²) in [6.45, 7) is 21.9. The number of aromatic nitrogens is 2. The zero-order chi connectivity index (χ0) is 64.6. The second-order valence-electron chi connectivity index (χ2n) is 28.9. The summed E-state index contributed by atoms with van der Waals surface area (Å²) in [6.07, 6.45) is 0. The molecule has 6 nitrogen and oxygen atoms in total. The molecule has 95 heavy (non-hydrogen) atoms. The molecule has 0 saturated heterocycles. The molecule has 0 aliphatic carbocycles. The molecule has 17 rings (SSSR count). The summed E-state index contributed by atoms with van der Waals surface area (Å²) in [6, 6.07) is 103. The first-order valence-corrected chi connectivity index (χ1v) is 38.8. The number of benzene rings is 13. The number of furan rings is 2. The first-order chi connectivity index (χ1) is 46.0. The number of fused-ring (bicyclic) bond motifs is 13. The van der Waals surface area contributed by atoms with Crippen molar-refractivity contribution in [1.29, 1.82) is 0 Å². The van der Waals surface area contributed by atoms with Gasteiger partial charge in [0.1, 0.15) is 16.9 Å². The molecule has 0 aliphatic rings. The second kappa shape index (κ2) is 22.0. The van der Waals surface area contributed by atoms with Gasteiger partial charge in [0.05, 0.1) is 11.0 Å². The number of nitrogens with zero attached hydrogens (tertiary/aromatic N) is 4. The summed E-state index contributed by atoms with van der Waals surface area (Å²) in [5.74, 6) is 1.75. The fourth-order valence-electron chi connectivity index (χ4n) is 14.6. The average molecular weight is 1260 g/mol. The van der Waals surface area contributed by atoms with Gasteiger partial charge in [0.2, 0.25) is 0 Å². The molecule has 0 aliphatic heterocycles. The molecular formula is C87H74N4O2Si2-2. The molecule has 0 N–H and O–H groups in total. The zero-order valence-electron chi connectivity index (χ0n) is 55.2. The van der Waals surface area contributed by atoms with Crippen molar-refractivity contribution in [2.45, 2.75) is 71.3 Å². The van der Waals surface area contributed by atoms with Crippen molar-refractivity contribution in [3.05, 3.63) is 279 Å². The molecule has 0 unspecified atom stereocenters.